The molecule has 0 aliphatic carbocycles. The smallest absolute Gasteiger partial charge is 0.0676 e. The average Bonchev–Trinajstić information content (AvgIpc) is 2.23. The molecule has 2 atom stereocenters. The van der Waals surface area contributed by atoms with Crippen LogP contribution in [0.5, 0.6) is 0 Å². The second kappa shape index (κ2) is 8.08. The van der Waals surface area contributed by atoms with Gasteiger partial charge in [0.2, 0.25) is 0 Å². The number of hydrogen-bond acceptors (Lipinski definition) is 2. The second-order valence-corrected chi connectivity index (χ2v) is 5.30. The molecule has 0 aliphatic rings. The maximum Gasteiger partial charge on any atom is 0.0676 e. The molecule has 0 aromatic carbocycles. The highest BCUT2D eigenvalue weighted by Gasteiger charge is 2.31. The Labute approximate surface area is 101 Å². The molecular formula is C14H30O2. The van der Waals surface area contributed by atoms with Gasteiger partial charge in [-0.05, 0) is 26.7 Å². The van der Waals surface area contributed by atoms with Crippen LogP contribution in [-0.4, -0.2) is 23.4 Å². The monoisotopic (exact) mass is 230 g/mol. The lowest BCUT2D eigenvalue weighted by molar-refractivity contribution is -0.0930. The van der Waals surface area contributed by atoms with Crippen LogP contribution in [0.2, 0.25) is 0 Å². The van der Waals surface area contributed by atoms with E-state index >= 15 is 0 Å². The van der Waals surface area contributed by atoms with E-state index in [1.807, 2.05) is 0 Å². The van der Waals surface area contributed by atoms with Gasteiger partial charge < -0.3 is 9.84 Å². The van der Waals surface area contributed by atoms with Crippen molar-refractivity contribution in [1.29, 1.82) is 0 Å². The average molecular weight is 230 g/mol. The zero-order valence-electron chi connectivity index (χ0n) is 11.8. The van der Waals surface area contributed by atoms with Crippen molar-refractivity contribution in [3.63, 3.8) is 0 Å². The quantitative estimate of drug-likeness (QED) is 0.611. The summed E-state index contributed by atoms with van der Waals surface area (Å²) in [6.45, 7) is 11.4. The molecule has 0 heterocycles. The van der Waals surface area contributed by atoms with Gasteiger partial charge in [0, 0.05) is 12.5 Å². The minimum absolute atomic E-state index is 0.189. The van der Waals surface area contributed by atoms with E-state index in [1.54, 1.807) is 0 Å². The van der Waals surface area contributed by atoms with Crippen molar-refractivity contribution in [2.45, 2.75) is 78.4 Å². The lowest BCUT2D eigenvalue weighted by Gasteiger charge is -2.35. The van der Waals surface area contributed by atoms with Crippen LogP contribution in [0, 0.1) is 5.92 Å². The van der Waals surface area contributed by atoms with Gasteiger partial charge in [-0.15, -0.1) is 0 Å². The predicted octanol–water partition coefficient (Wildman–Crippen LogP) is 3.77. The van der Waals surface area contributed by atoms with Gasteiger partial charge >= 0.3 is 0 Å². The summed E-state index contributed by atoms with van der Waals surface area (Å²) in [5, 5.41) is 9.98. The molecule has 0 aromatic heterocycles. The summed E-state index contributed by atoms with van der Waals surface area (Å²) in [4.78, 5) is 0. The summed E-state index contributed by atoms with van der Waals surface area (Å²) in [5.41, 5.74) is -0.220. The number of unbranched alkanes of at least 4 members (excludes halogenated alkanes) is 2. The molecule has 0 fully saturated rings. The highest BCUT2D eigenvalue weighted by Crippen LogP contribution is 2.26. The normalized spacial score (nSPS) is 16.1. The van der Waals surface area contributed by atoms with E-state index in [-0.39, 0.29) is 17.6 Å². The Morgan fingerprint density at radius 3 is 2.25 bits per heavy atom. The maximum absolute atomic E-state index is 9.98. The minimum Gasteiger partial charge on any atom is -0.393 e. The Morgan fingerprint density at radius 2 is 1.75 bits per heavy atom. The van der Waals surface area contributed by atoms with Gasteiger partial charge in [-0.2, -0.15) is 0 Å². The van der Waals surface area contributed by atoms with Crippen molar-refractivity contribution in [2.75, 3.05) is 6.61 Å². The van der Waals surface area contributed by atoms with E-state index in [2.05, 4.69) is 34.6 Å². The highest BCUT2D eigenvalue weighted by atomic mass is 16.5. The third-order valence-corrected chi connectivity index (χ3v) is 3.48. The largest absolute Gasteiger partial charge is 0.393 e. The first-order chi connectivity index (χ1) is 7.45. The van der Waals surface area contributed by atoms with Crippen molar-refractivity contribution >= 4 is 0 Å². The van der Waals surface area contributed by atoms with Crippen LogP contribution in [0.25, 0.3) is 0 Å². The van der Waals surface area contributed by atoms with Gasteiger partial charge in [-0.3, -0.25) is 0 Å². The summed E-state index contributed by atoms with van der Waals surface area (Å²) >= 11 is 0. The van der Waals surface area contributed by atoms with Gasteiger partial charge in [0.25, 0.3) is 0 Å². The first-order valence-electron chi connectivity index (χ1n) is 6.77. The molecule has 0 radical (unpaired) electrons. The van der Waals surface area contributed by atoms with Crippen LogP contribution in [-0.2, 0) is 4.74 Å². The number of hydrogen-bond donors (Lipinski definition) is 1. The van der Waals surface area contributed by atoms with Gasteiger partial charge in [-0.1, -0.05) is 40.0 Å². The fraction of sp³-hybridized carbons (Fsp3) is 1.00. The Hall–Kier alpha value is -0.0800. The lowest BCUT2D eigenvalue weighted by Crippen LogP contribution is -2.40. The van der Waals surface area contributed by atoms with Crippen molar-refractivity contribution in [1.82, 2.24) is 0 Å². The summed E-state index contributed by atoms with van der Waals surface area (Å²) < 4.78 is 5.90. The van der Waals surface area contributed by atoms with E-state index in [4.69, 9.17) is 4.74 Å². The zero-order chi connectivity index (χ0) is 12.6. The van der Waals surface area contributed by atoms with Gasteiger partial charge in [0.05, 0.1) is 11.7 Å². The van der Waals surface area contributed by atoms with Crippen LogP contribution >= 0.6 is 0 Å². The van der Waals surface area contributed by atoms with Crippen LogP contribution in [0.1, 0.15) is 66.7 Å². The van der Waals surface area contributed by atoms with Gasteiger partial charge in [-0.25, -0.2) is 0 Å². The van der Waals surface area contributed by atoms with E-state index in [9.17, 15) is 5.11 Å². The van der Waals surface area contributed by atoms with Crippen LogP contribution in [0.3, 0.4) is 0 Å². The first kappa shape index (κ1) is 15.9. The minimum atomic E-state index is -0.244. The van der Waals surface area contributed by atoms with Gasteiger partial charge in [0.1, 0.15) is 0 Å². The van der Waals surface area contributed by atoms with E-state index in [0.717, 1.165) is 25.9 Å². The second-order valence-electron chi connectivity index (χ2n) is 5.30. The lowest BCUT2D eigenvalue weighted by atomic mass is 9.86. The molecule has 1 N–H and O–H groups in total. The zero-order valence-corrected chi connectivity index (χ0v) is 11.8. The van der Waals surface area contributed by atoms with E-state index in [1.165, 1.54) is 12.8 Å². The molecule has 0 saturated carbocycles. The Kier molecular flexibility index (Phi) is 8.04. The third-order valence-electron chi connectivity index (χ3n) is 3.48. The molecule has 0 spiro atoms. The molecule has 98 valence electrons. The Balaban J connectivity index is 3.98. The molecule has 0 aliphatic heterocycles. The number of aliphatic hydroxyl groups excluding tert-OH is 1. The molecular weight excluding hydrogens is 200 g/mol. The summed E-state index contributed by atoms with van der Waals surface area (Å²) in [6, 6.07) is 0. The molecule has 0 aromatic rings. The van der Waals surface area contributed by atoms with Crippen molar-refractivity contribution in [2.24, 2.45) is 5.92 Å². The molecule has 16 heavy (non-hydrogen) atoms. The Bertz CT molecular complexity index is 166. The van der Waals surface area contributed by atoms with E-state index in [0.29, 0.717) is 0 Å². The highest BCUT2D eigenvalue weighted by molar-refractivity contribution is 4.81. The van der Waals surface area contributed by atoms with Crippen molar-refractivity contribution < 1.29 is 9.84 Å². The van der Waals surface area contributed by atoms with Crippen LogP contribution in [0.4, 0.5) is 0 Å². The fourth-order valence-electron chi connectivity index (χ4n) is 1.83. The van der Waals surface area contributed by atoms with Crippen LogP contribution < -0.4 is 0 Å². The SMILES string of the molecule is CCCCCOC(C)(C)C(C)C(O)CCC. The topological polar surface area (TPSA) is 29.5 Å². The molecule has 2 heteroatoms. The molecule has 0 bridgehead atoms. The number of ether oxygens (including phenoxy) is 1. The van der Waals surface area contributed by atoms with Crippen LogP contribution in [0.15, 0.2) is 0 Å². The Morgan fingerprint density at radius 1 is 1.12 bits per heavy atom. The van der Waals surface area contributed by atoms with E-state index < -0.39 is 0 Å². The molecule has 0 rings (SSSR count). The van der Waals surface area contributed by atoms with Crippen molar-refractivity contribution in [3.8, 4) is 0 Å². The van der Waals surface area contributed by atoms with Gasteiger partial charge in [0.15, 0.2) is 0 Å². The van der Waals surface area contributed by atoms with Crippen molar-refractivity contribution in [3.05, 3.63) is 0 Å². The molecule has 0 saturated heterocycles. The molecule has 2 nitrogen and oxygen atoms in total. The maximum atomic E-state index is 9.98. The fourth-order valence-corrected chi connectivity index (χ4v) is 1.83. The molecule has 0 amide bonds. The standard InChI is InChI=1S/C14H30O2/c1-6-8-9-11-16-14(4,5)12(3)13(15)10-7-2/h12-13,15H,6-11H2,1-5H3. The summed E-state index contributed by atoms with van der Waals surface area (Å²) in [7, 11) is 0. The first-order valence-corrected chi connectivity index (χ1v) is 6.77. The number of rotatable bonds is 9. The molecule has 2 unspecified atom stereocenters. The predicted molar refractivity (Wildman–Crippen MR) is 69.6 cm³/mol. The third kappa shape index (κ3) is 5.86. The summed E-state index contributed by atoms with van der Waals surface area (Å²) in [6.07, 6.45) is 5.21. The summed E-state index contributed by atoms with van der Waals surface area (Å²) in [5.74, 6) is 0.189. The number of aliphatic hydroxyl groups is 1.